The first-order valence-electron chi connectivity index (χ1n) is 6.81. The van der Waals surface area contributed by atoms with Crippen molar-refractivity contribution in [2.45, 2.75) is 6.92 Å². The summed E-state index contributed by atoms with van der Waals surface area (Å²) in [6.45, 7) is 1.93. The van der Waals surface area contributed by atoms with Crippen LogP contribution in [0.15, 0.2) is 53.6 Å². The molecular weight excluding hydrogens is 278 g/mol. The zero-order chi connectivity index (χ0) is 15.5. The Morgan fingerprint density at radius 1 is 1.05 bits per heavy atom. The zero-order valence-electron chi connectivity index (χ0n) is 12.0. The molecule has 3 aromatic rings. The van der Waals surface area contributed by atoms with Gasteiger partial charge >= 0.3 is 0 Å². The predicted molar refractivity (Wildman–Crippen MR) is 87.5 cm³/mol. The molecule has 3 N–H and O–H groups in total. The number of aromatic hydroxyl groups is 2. The Bertz CT molecular complexity index is 860. The molecule has 0 amide bonds. The number of hydrogen-bond acceptors (Lipinski definition) is 5. The summed E-state index contributed by atoms with van der Waals surface area (Å²) in [5, 5.41) is 23.9. The van der Waals surface area contributed by atoms with Crippen molar-refractivity contribution in [2.24, 2.45) is 5.10 Å². The summed E-state index contributed by atoms with van der Waals surface area (Å²) in [6.07, 6.45) is 1.57. The molecule has 0 radical (unpaired) electrons. The maximum atomic E-state index is 9.45. The number of hydrogen-bond donors (Lipinski definition) is 3. The second-order valence-electron chi connectivity index (χ2n) is 4.95. The van der Waals surface area contributed by atoms with Gasteiger partial charge in [-0.25, -0.2) is 0 Å². The van der Waals surface area contributed by atoms with Crippen LogP contribution in [0.4, 0.5) is 5.69 Å². The van der Waals surface area contributed by atoms with E-state index in [9.17, 15) is 10.2 Å². The lowest BCUT2D eigenvalue weighted by atomic mass is 10.1. The number of para-hydroxylation sites is 1. The number of rotatable bonds is 3. The van der Waals surface area contributed by atoms with Crippen LogP contribution in [0.25, 0.3) is 10.9 Å². The third-order valence-corrected chi connectivity index (χ3v) is 3.24. The van der Waals surface area contributed by atoms with Crippen molar-refractivity contribution >= 4 is 22.8 Å². The minimum absolute atomic E-state index is 0.152. The average molecular weight is 293 g/mol. The largest absolute Gasteiger partial charge is 0.504 e. The molecule has 22 heavy (non-hydrogen) atoms. The van der Waals surface area contributed by atoms with E-state index < -0.39 is 0 Å². The van der Waals surface area contributed by atoms with Crippen molar-refractivity contribution in [3.63, 3.8) is 0 Å². The average Bonchev–Trinajstić information content (AvgIpc) is 2.50. The van der Waals surface area contributed by atoms with E-state index in [1.807, 2.05) is 37.3 Å². The van der Waals surface area contributed by atoms with Crippen LogP contribution in [0.5, 0.6) is 11.5 Å². The van der Waals surface area contributed by atoms with Crippen LogP contribution < -0.4 is 5.43 Å². The van der Waals surface area contributed by atoms with Gasteiger partial charge in [-0.05, 0) is 42.8 Å². The Hall–Kier alpha value is -3.08. The topological polar surface area (TPSA) is 77.7 Å². The van der Waals surface area contributed by atoms with Gasteiger partial charge in [0.15, 0.2) is 11.5 Å². The van der Waals surface area contributed by atoms with Crippen molar-refractivity contribution in [1.82, 2.24) is 4.98 Å². The number of aromatic nitrogens is 1. The molecule has 5 nitrogen and oxygen atoms in total. The fraction of sp³-hybridized carbons (Fsp3) is 0.0588. The summed E-state index contributed by atoms with van der Waals surface area (Å²) >= 11 is 0. The first-order chi connectivity index (χ1) is 10.6. The van der Waals surface area contributed by atoms with E-state index in [4.69, 9.17) is 0 Å². The van der Waals surface area contributed by atoms with Crippen molar-refractivity contribution in [3.05, 3.63) is 59.8 Å². The van der Waals surface area contributed by atoms with Gasteiger partial charge in [0.2, 0.25) is 0 Å². The van der Waals surface area contributed by atoms with E-state index in [1.165, 1.54) is 12.1 Å². The van der Waals surface area contributed by atoms with Crippen molar-refractivity contribution < 1.29 is 10.2 Å². The zero-order valence-corrected chi connectivity index (χ0v) is 12.0. The molecule has 0 atom stereocenters. The van der Waals surface area contributed by atoms with Crippen LogP contribution >= 0.6 is 0 Å². The number of phenols is 2. The van der Waals surface area contributed by atoms with Gasteiger partial charge in [0.05, 0.1) is 17.4 Å². The van der Waals surface area contributed by atoms with E-state index in [-0.39, 0.29) is 11.5 Å². The van der Waals surface area contributed by atoms with Gasteiger partial charge in [-0.1, -0.05) is 18.2 Å². The summed E-state index contributed by atoms with van der Waals surface area (Å²) in [5.41, 5.74) is 6.34. The molecule has 0 saturated heterocycles. The first kappa shape index (κ1) is 13.9. The summed E-state index contributed by atoms with van der Waals surface area (Å²) in [6, 6.07) is 14.3. The second-order valence-corrected chi connectivity index (χ2v) is 4.95. The van der Waals surface area contributed by atoms with Gasteiger partial charge in [-0.3, -0.25) is 10.4 Å². The second kappa shape index (κ2) is 5.73. The van der Waals surface area contributed by atoms with Crippen LogP contribution in [-0.4, -0.2) is 21.4 Å². The van der Waals surface area contributed by atoms with Gasteiger partial charge in [0.25, 0.3) is 0 Å². The van der Waals surface area contributed by atoms with Gasteiger partial charge in [-0.2, -0.15) is 5.10 Å². The summed E-state index contributed by atoms with van der Waals surface area (Å²) < 4.78 is 0. The maximum absolute atomic E-state index is 9.45. The third kappa shape index (κ3) is 2.83. The monoisotopic (exact) mass is 293 g/mol. The van der Waals surface area contributed by atoms with Gasteiger partial charge < -0.3 is 10.2 Å². The van der Waals surface area contributed by atoms with Crippen LogP contribution in [0.3, 0.4) is 0 Å². The lowest BCUT2D eigenvalue weighted by molar-refractivity contribution is 0.403. The lowest BCUT2D eigenvalue weighted by Crippen LogP contribution is -1.94. The highest BCUT2D eigenvalue weighted by molar-refractivity contribution is 5.92. The Balaban J connectivity index is 1.87. The standard InChI is InChI=1S/C17H15N3O2/c1-11-8-15(13-4-2-3-5-14(13)19-11)20-18-10-12-6-7-16(21)17(22)9-12/h2-10,21-22H,1H3,(H,19,20). The number of hydrazone groups is 1. The van der Waals surface area contributed by atoms with E-state index in [0.717, 1.165) is 22.3 Å². The third-order valence-electron chi connectivity index (χ3n) is 3.24. The highest BCUT2D eigenvalue weighted by Gasteiger charge is 2.02. The molecule has 0 unspecified atom stereocenters. The van der Waals surface area contributed by atoms with Crippen LogP contribution in [-0.2, 0) is 0 Å². The SMILES string of the molecule is Cc1cc(NN=Cc2ccc(O)c(O)c2)c2ccccc2n1. The molecule has 1 heterocycles. The number of nitrogens with one attached hydrogen (secondary N) is 1. The molecule has 0 saturated carbocycles. The van der Waals surface area contributed by atoms with E-state index >= 15 is 0 Å². The van der Waals surface area contributed by atoms with Gasteiger partial charge in [-0.15, -0.1) is 0 Å². The Morgan fingerprint density at radius 3 is 2.68 bits per heavy atom. The van der Waals surface area contributed by atoms with Crippen LogP contribution in [0.2, 0.25) is 0 Å². The highest BCUT2D eigenvalue weighted by Crippen LogP contribution is 2.25. The molecule has 0 aliphatic rings. The predicted octanol–water partition coefficient (Wildman–Crippen LogP) is 3.40. The van der Waals surface area contributed by atoms with E-state index in [2.05, 4.69) is 15.5 Å². The number of fused-ring (bicyclic) bond motifs is 1. The smallest absolute Gasteiger partial charge is 0.158 e. The number of pyridine rings is 1. The molecule has 0 fully saturated rings. The van der Waals surface area contributed by atoms with E-state index in [0.29, 0.717) is 5.56 Å². The Labute approximate surface area is 127 Å². The molecular formula is C17H15N3O2. The minimum Gasteiger partial charge on any atom is -0.504 e. The normalized spacial score (nSPS) is 11.1. The summed E-state index contributed by atoms with van der Waals surface area (Å²) in [7, 11) is 0. The van der Waals surface area contributed by atoms with Crippen molar-refractivity contribution in [1.29, 1.82) is 0 Å². The molecule has 0 spiro atoms. The van der Waals surface area contributed by atoms with Gasteiger partial charge in [0.1, 0.15) is 0 Å². The molecule has 5 heteroatoms. The maximum Gasteiger partial charge on any atom is 0.158 e. The Morgan fingerprint density at radius 2 is 1.86 bits per heavy atom. The fourth-order valence-corrected chi connectivity index (χ4v) is 2.20. The van der Waals surface area contributed by atoms with Crippen LogP contribution in [0, 0.1) is 6.92 Å². The van der Waals surface area contributed by atoms with Gasteiger partial charge in [0, 0.05) is 11.1 Å². The van der Waals surface area contributed by atoms with E-state index in [1.54, 1.807) is 12.3 Å². The molecule has 0 bridgehead atoms. The lowest BCUT2D eigenvalue weighted by Gasteiger charge is -2.06. The fourth-order valence-electron chi connectivity index (χ4n) is 2.20. The number of anilines is 1. The molecule has 0 aliphatic heterocycles. The molecule has 3 rings (SSSR count). The first-order valence-corrected chi connectivity index (χ1v) is 6.81. The van der Waals surface area contributed by atoms with Crippen molar-refractivity contribution in [2.75, 3.05) is 5.43 Å². The quantitative estimate of drug-likeness (QED) is 0.393. The number of phenolic OH excluding ortho intramolecular Hbond substituents is 2. The molecule has 0 aliphatic carbocycles. The number of aryl methyl sites for hydroxylation is 1. The molecule has 2 aromatic carbocycles. The molecule has 110 valence electrons. The number of benzene rings is 2. The van der Waals surface area contributed by atoms with Crippen molar-refractivity contribution in [3.8, 4) is 11.5 Å². The molecule has 1 aromatic heterocycles. The highest BCUT2D eigenvalue weighted by atomic mass is 16.3. The Kier molecular flexibility index (Phi) is 3.62. The van der Waals surface area contributed by atoms with Crippen LogP contribution in [0.1, 0.15) is 11.3 Å². The summed E-state index contributed by atoms with van der Waals surface area (Å²) in [4.78, 5) is 4.47. The summed E-state index contributed by atoms with van der Waals surface area (Å²) in [5.74, 6) is -0.324. The number of nitrogens with zero attached hydrogens (tertiary/aromatic N) is 2. The minimum atomic E-state index is -0.172.